The Hall–Kier alpha value is -0.990. The Bertz CT molecular complexity index is 612. The molecule has 0 aromatic carbocycles. The first kappa shape index (κ1) is 16.5. The molecule has 0 radical (unpaired) electrons. The number of ether oxygens (including phenoxy) is 3. The third kappa shape index (κ3) is 1.62. The fraction of sp³-hybridized carbons (Fsp3) is 0.824. The van der Waals surface area contributed by atoms with E-state index in [1.165, 1.54) is 6.92 Å². The van der Waals surface area contributed by atoms with Crippen molar-refractivity contribution in [3.05, 3.63) is 11.6 Å². The monoisotopic (exact) mass is 340 g/mol. The molecule has 1 saturated carbocycles. The van der Waals surface area contributed by atoms with Crippen LogP contribution in [0.1, 0.15) is 27.2 Å². The summed E-state index contributed by atoms with van der Waals surface area (Å²) in [5.41, 5.74) is -1.80. The average molecular weight is 340 g/mol. The summed E-state index contributed by atoms with van der Waals surface area (Å²) in [4.78, 5) is 11.6. The summed E-state index contributed by atoms with van der Waals surface area (Å²) in [5, 5.41) is 31.6. The lowest BCUT2D eigenvalue weighted by Crippen LogP contribution is -2.67. The SMILES string of the molecule is CC(=O)O[C@@H]1[C@@H](O)[C@H]2O[C@@H]3C=C(C)[C@@H](O)C[C@]3(CO)[C@]1(C)[C@]21CO1. The normalized spacial score (nSPS) is 55.1. The van der Waals surface area contributed by atoms with Gasteiger partial charge in [-0.2, -0.15) is 0 Å². The third-order valence-electron chi connectivity index (χ3n) is 6.93. The predicted octanol–water partition coefficient (Wildman–Crippen LogP) is -0.475. The Morgan fingerprint density at radius 2 is 2.12 bits per heavy atom. The number of epoxide rings is 1. The molecule has 1 spiro atoms. The van der Waals surface area contributed by atoms with E-state index in [0.29, 0.717) is 6.61 Å². The molecule has 3 N–H and O–H groups in total. The molecule has 2 aliphatic heterocycles. The van der Waals surface area contributed by atoms with Crippen LogP contribution in [0, 0.1) is 10.8 Å². The second-order valence-electron chi connectivity index (χ2n) is 7.82. The van der Waals surface area contributed by atoms with Gasteiger partial charge in [-0.1, -0.05) is 13.0 Å². The van der Waals surface area contributed by atoms with E-state index < -0.39 is 52.9 Å². The highest BCUT2D eigenvalue weighted by Crippen LogP contribution is 2.71. The van der Waals surface area contributed by atoms with Crippen LogP contribution in [0.3, 0.4) is 0 Å². The van der Waals surface area contributed by atoms with Crippen molar-refractivity contribution in [3.63, 3.8) is 0 Å². The fourth-order valence-electron chi connectivity index (χ4n) is 5.40. The quantitative estimate of drug-likeness (QED) is 0.354. The molecule has 0 aromatic heterocycles. The molecule has 134 valence electrons. The van der Waals surface area contributed by atoms with Crippen LogP contribution in [-0.4, -0.2) is 70.6 Å². The summed E-state index contributed by atoms with van der Waals surface area (Å²) >= 11 is 0. The van der Waals surface area contributed by atoms with Crippen molar-refractivity contribution in [2.75, 3.05) is 13.2 Å². The second-order valence-corrected chi connectivity index (χ2v) is 7.82. The molecule has 7 heteroatoms. The molecule has 4 rings (SSSR count). The maximum atomic E-state index is 11.6. The number of hydrogen-bond donors (Lipinski definition) is 3. The Kier molecular flexibility index (Phi) is 3.29. The van der Waals surface area contributed by atoms with Crippen LogP contribution in [0.25, 0.3) is 0 Å². The highest BCUT2D eigenvalue weighted by atomic mass is 16.7. The van der Waals surface area contributed by atoms with Gasteiger partial charge in [0.2, 0.25) is 0 Å². The van der Waals surface area contributed by atoms with Gasteiger partial charge in [0.15, 0.2) is 0 Å². The largest absolute Gasteiger partial charge is 0.459 e. The first-order valence-corrected chi connectivity index (χ1v) is 8.35. The molecular weight excluding hydrogens is 316 g/mol. The van der Waals surface area contributed by atoms with Gasteiger partial charge in [0.1, 0.15) is 23.9 Å². The first-order valence-electron chi connectivity index (χ1n) is 8.35. The topological polar surface area (TPSA) is 109 Å². The van der Waals surface area contributed by atoms with Crippen LogP contribution in [0.2, 0.25) is 0 Å². The summed E-state index contributed by atoms with van der Waals surface area (Å²) < 4.78 is 17.4. The average Bonchev–Trinajstić information content (AvgIpc) is 3.30. The van der Waals surface area contributed by atoms with E-state index in [-0.39, 0.29) is 13.0 Å². The molecule has 2 heterocycles. The van der Waals surface area contributed by atoms with Crippen LogP contribution in [0.4, 0.5) is 0 Å². The molecule has 4 aliphatic rings. The van der Waals surface area contributed by atoms with E-state index in [1.54, 1.807) is 0 Å². The smallest absolute Gasteiger partial charge is 0.303 e. The van der Waals surface area contributed by atoms with E-state index in [9.17, 15) is 20.1 Å². The molecule has 2 bridgehead atoms. The first-order chi connectivity index (χ1) is 11.2. The minimum atomic E-state index is -1.04. The molecule has 0 unspecified atom stereocenters. The summed E-state index contributed by atoms with van der Waals surface area (Å²) in [7, 11) is 0. The molecule has 2 aliphatic carbocycles. The van der Waals surface area contributed by atoms with E-state index in [2.05, 4.69) is 0 Å². The number of carbonyl (C=O) groups is 1. The van der Waals surface area contributed by atoms with Gasteiger partial charge < -0.3 is 29.5 Å². The van der Waals surface area contributed by atoms with Crippen molar-refractivity contribution < 1.29 is 34.3 Å². The van der Waals surface area contributed by atoms with Crippen molar-refractivity contribution in [1.29, 1.82) is 0 Å². The van der Waals surface area contributed by atoms with Gasteiger partial charge in [0.05, 0.1) is 30.8 Å². The lowest BCUT2D eigenvalue weighted by molar-refractivity contribution is -0.236. The summed E-state index contributed by atoms with van der Waals surface area (Å²) in [6, 6.07) is 0. The zero-order valence-corrected chi connectivity index (χ0v) is 14.1. The number of fused-ring (bicyclic) bond motifs is 2. The number of hydrogen-bond acceptors (Lipinski definition) is 7. The highest BCUT2D eigenvalue weighted by Gasteiger charge is 2.85. The van der Waals surface area contributed by atoms with Gasteiger partial charge in [-0.05, 0) is 18.9 Å². The van der Waals surface area contributed by atoms with Gasteiger partial charge in [-0.3, -0.25) is 4.79 Å². The number of esters is 1. The van der Waals surface area contributed by atoms with Crippen molar-refractivity contribution in [2.24, 2.45) is 10.8 Å². The van der Waals surface area contributed by atoms with Crippen LogP contribution in [0.5, 0.6) is 0 Å². The van der Waals surface area contributed by atoms with Gasteiger partial charge in [0, 0.05) is 12.3 Å². The van der Waals surface area contributed by atoms with Crippen LogP contribution < -0.4 is 0 Å². The van der Waals surface area contributed by atoms with E-state index in [4.69, 9.17) is 14.2 Å². The van der Waals surface area contributed by atoms with E-state index in [0.717, 1.165) is 5.57 Å². The van der Waals surface area contributed by atoms with Gasteiger partial charge in [-0.15, -0.1) is 0 Å². The Labute approximate surface area is 140 Å². The Morgan fingerprint density at radius 3 is 2.67 bits per heavy atom. The Balaban J connectivity index is 1.90. The molecule has 24 heavy (non-hydrogen) atoms. The summed E-state index contributed by atoms with van der Waals surface area (Å²) in [6.45, 7) is 5.09. The summed E-state index contributed by atoms with van der Waals surface area (Å²) in [5.74, 6) is -0.503. The van der Waals surface area contributed by atoms with Gasteiger partial charge in [-0.25, -0.2) is 0 Å². The molecule has 0 amide bonds. The Morgan fingerprint density at radius 1 is 1.46 bits per heavy atom. The van der Waals surface area contributed by atoms with Crippen LogP contribution >= 0.6 is 0 Å². The van der Waals surface area contributed by atoms with Crippen LogP contribution in [-0.2, 0) is 19.0 Å². The van der Waals surface area contributed by atoms with Crippen LogP contribution in [0.15, 0.2) is 11.6 Å². The van der Waals surface area contributed by atoms with E-state index >= 15 is 0 Å². The van der Waals surface area contributed by atoms with Gasteiger partial charge in [0.25, 0.3) is 0 Å². The number of rotatable bonds is 2. The predicted molar refractivity (Wildman–Crippen MR) is 80.9 cm³/mol. The minimum absolute atomic E-state index is 0.259. The molecule has 8 atom stereocenters. The maximum absolute atomic E-state index is 11.6. The molecule has 0 aromatic rings. The summed E-state index contributed by atoms with van der Waals surface area (Å²) in [6.07, 6.45) is -1.66. The lowest BCUT2D eigenvalue weighted by Gasteiger charge is -2.58. The van der Waals surface area contributed by atoms with Crippen molar-refractivity contribution in [3.8, 4) is 0 Å². The standard InChI is InChI=1S/C17H24O7/c1-8-4-11-16(6-18,5-10(8)20)15(3)13(23-9(2)19)12(21)14(24-11)17(15)7-22-17/h4,10-14,18,20-21H,5-7H2,1-3H3/t10-,11+,12+,13+,14+,15+,16+,17-/m0/s1. The minimum Gasteiger partial charge on any atom is -0.459 e. The zero-order chi connectivity index (χ0) is 17.5. The number of aliphatic hydroxyl groups is 3. The number of carbonyl (C=O) groups excluding carboxylic acids is 1. The maximum Gasteiger partial charge on any atom is 0.303 e. The molecular formula is C17H24O7. The zero-order valence-electron chi connectivity index (χ0n) is 14.1. The van der Waals surface area contributed by atoms with Crippen molar-refractivity contribution in [1.82, 2.24) is 0 Å². The lowest BCUT2D eigenvalue weighted by atomic mass is 9.51. The second kappa shape index (κ2) is 4.80. The van der Waals surface area contributed by atoms with E-state index in [1.807, 2.05) is 19.9 Å². The highest BCUT2D eigenvalue weighted by molar-refractivity contribution is 5.66. The van der Waals surface area contributed by atoms with Crippen molar-refractivity contribution in [2.45, 2.75) is 63.3 Å². The fourth-order valence-corrected chi connectivity index (χ4v) is 5.40. The molecule has 7 nitrogen and oxygen atoms in total. The molecule has 2 saturated heterocycles. The van der Waals surface area contributed by atoms with Gasteiger partial charge >= 0.3 is 5.97 Å². The number of aliphatic hydroxyl groups excluding tert-OH is 3. The molecule has 3 fully saturated rings. The third-order valence-corrected chi connectivity index (χ3v) is 6.93. The van der Waals surface area contributed by atoms with Crippen molar-refractivity contribution >= 4 is 5.97 Å².